The van der Waals surface area contributed by atoms with Crippen molar-refractivity contribution in [3.8, 4) is 0 Å². The highest BCUT2D eigenvalue weighted by molar-refractivity contribution is 6.03. The van der Waals surface area contributed by atoms with Crippen molar-refractivity contribution in [2.24, 2.45) is 7.05 Å². The van der Waals surface area contributed by atoms with Gasteiger partial charge in [-0.2, -0.15) is 5.10 Å². The van der Waals surface area contributed by atoms with Crippen LogP contribution < -0.4 is 5.32 Å². The minimum atomic E-state index is -0.255. The summed E-state index contributed by atoms with van der Waals surface area (Å²) in [6.45, 7) is 1.49. The molecule has 20 heavy (non-hydrogen) atoms. The number of hydrogen-bond donors (Lipinski definition) is 1. The van der Waals surface area contributed by atoms with Crippen LogP contribution in [0.3, 0.4) is 0 Å². The van der Waals surface area contributed by atoms with E-state index >= 15 is 0 Å². The number of aryl methyl sites for hydroxylation is 1. The molecular weight excluding hydrogens is 254 g/mol. The van der Waals surface area contributed by atoms with Gasteiger partial charge < -0.3 is 5.32 Å². The Morgan fingerprint density at radius 1 is 1.35 bits per heavy atom. The molecule has 0 atom stereocenters. The zero-order valence-corrected chi connectivity index (χ0v) is 11.3. The number of amides is 1. The predicted octanol–water partition coefficient (Wildman–Crippen LogP) is 2.27. The molecule has 5 heteroatoms. The molecule has 0 aliphatic carbocycles. The van der Waals surface area contributed by atoms with Gasteiger partial charge in [0.1, 0.15) is 0 Å². The Morgan fingerprint density at radius 3 is 2.80 bits per heavy atom. The number of rotatable bonds is 4. The fourth-order valence-corrected chi connectivity index (χ4v) is 1.70. The number of hydrogen-bond acceptors (Lipinski definition) is 3. The molecular formula is C15H15N3O2. The van der Waals surface area contributed by atoms with Gasteiger partial charge in [0.25, 0.3) is 0 Å². The first-order valence-electron chi connectivity index (χ1n) is 6.13. The molecule has 0 aliphatic rings. The SMILES string of the molecule is CC(=O)c1cccc(NC(=O)/C=C/c2cnn(C)c2)c1. The largest absolute Gasteiger partial charge is 0.322 e. The van der Waals surface area contributed by atoms with E-state index in [4.69, 9.17) is 0 Å². The van der Waals surface area contributed by atoms with E-state index in [0.29, 0.717) is 11.3 Å². The van der Waals surface area contributed by atoms with Crippen molar-refractivity contribution >= 4 is 23.5 Å². The number of aromatic nitrogens is 2. The van der Waals surface area contributed by atoms with Crippen LogP contribution in [0, 0.1) is 0 Å². The second-order valence-corrected chi connectivity index (χ2v) is 4.41. The number of nitrogens with one attached hydrogen (secondary N) is 1. The van der Waals surface area contributed by atoms with E-state index in [1.54, 1.807) is 47.4 Å². The van der Waals surface area contributed by atoms with Gasteiger partial charge in [-0.3, -0.25) is 14.3 Å². The maximum absolute atomic E-state index is 11.8. The molecule has 0 saturated heterocycles. The fraction of sp³-hybridized carbons (Fsp3) is 0.133. The minimum Gasteiger partial charge on any atom is -0.322 e. The first-order valence-corrected chi connectivity index (χ1v) is 6.13. The van der Waals surface area contributed by atoms with Gasteiger partial charge in [-0.05, 0) is 25.1 Å². The van der Waals surface area contributed by atoms with E-state index < -0.39 is 0 Å². The van der Waals surface area contributed by atoms with Gasteiger partial charge >= 0.3 is 0 Å². The molecule has 2 rings (SSSR count). The zero-order chi connectivity index (χ0) is 14.5. The van der Waals surface area contributed by atoms with Crippen molar-refractivity contribution in [3.05, 3.63) is 53.9 Å². The molecule has 2 aromatic rings. The van der Waals surface area contributed by atoms with Crippen LogP contribution in [0.5, 0.6) is 0 Å². The molecule has 1 aromatic heterocycles. The Labute approximate surface area is 116 Å². The number of nitrogens with zero attached hydrogens (tertiary/aromatic N) is 2. The normalized spacial score (nSPS) is 10.7. The summed E-state index contributed by atoms with van der Waals surface area (Å²) in [4.78, 5) is 23.0. The Kier molecular flexibility index (Phi) is 4.10. The highest BCUT2D eigenvalue weighted by Gasteiger charge is 2.02. The number of anilines is 1. The second kappa shape index (κ2) is 5.97. The first-order chi connectivity index (χ1) is 9.54. The average molecular weight is 269 g/mol. The predicted molar refractivity (Wildman–Crippen MR) is 77.3 cm³/mol. The number of benzene rings is 1. The van der Waals surface area contributed by atoms with Gasteiger partial charge in [-0.1, -0.05) is 12.1 Å². The summed E-state index contributed by atoms with van der Waals surface area (Å²) in [5.41, 5.74) is 2.01. The van der Waals surface area contributed by atoms with Gasteiger partial charge in [-0.15, -0.1) is 0 Å². The van der Waals surface area contributed by atoms with Crippen molar-refractivity contribution in [1.82, 2.24) is 9.78 Å². The highest BCUT2D eigenvalue weighted by Crippen LogP contribution is 2.11. The molecule has 0 unspecified atom stereocenters. The quantitative estimate of drug-likeness (QED) is 0.684. The molecule has 1 heterocycles. The van der Waals surface area contributed by atoms with Crippen LogP contribution in [0.25, 0.3) is 6.08 Å². The number of carbonyl (C=O) groups excluding carboxylic acids is 2. The van der Waals surface area contributed by atoms with E-state index in [1.807, 2.05) is 7.05 Å². The summed E-state index contributed by atoms with van der Waals surface area (Å²) in [6, 6.07) is 6.83. The van der Waals surface area contributed by atoms with Crippen LogP contribution in [0.2, 0.25) is 0 Å². The van der Waals surface area contributed by atoms with Crippen molar-refractivity contribution < 1.29 is 9.59 Å². The van der Waals surface area contributed by atoms with Crippen LogP contribution in [-0.4, -0.2) is 21.5 Å². The van der Waals surface area contributed by atoms with Gasteiger partial charge in [0, 0.05) is 36.1 Å². The number of carbonyl (C=O) groups is 2. The molecule has 0 bridgehead atoms. The third-order valence-corrected chi connectivity index (χ3v) is 2.69. The van der Waals surface area contributed by atoms with Crippen LogP contribution in [0.4, 0.5) is 5.69 Å². The number of Topliss-reactive ketones (excluding diaryl/α,β-unsaturated/α-hetero) is 1. The molecule has 0 aliphatic heterocycles. The maximum Gasteiger partial charge on any atom is 0.248 e. The van der Waals surface area contributed by atoms with Gasteiger partial charge in [0.15, 0.2) is 5.78 Å². The van der Waals surface area contributed by atoms with E-state index in [-0.39, 0.29) is 11.7 Å². The Balaban J connectivity index is 2.02. The van der Waals surface area contributed by atoms with Crippen molar-refractivity contribution in [2.45, 2.75) is 6.92 Å². The summed E-state index contributed by atoms with van der Waals surface area (Å²) in [5.74, 6) is -0.290. The Hall–Kier alpha value is -2.69. The lowest BCUT2D eigenvalue weighted by molar-refractivity contribution is -0.111. The maximum atomic E-state index is 11.8. The summed E-state index contributed by atoms with van der Waals surface area (Å²) in [7, 11) is 1.81. The van der Waals surface area contributed by atoms with Crippen molar-refractivity contribution in [1.29, 1.82) is 0 Å². The third kappa shape index (κ3) is 3.65. The van der Waals surface area contributed by atoms with E-state index in [0.717, 1.165) is 5.56 Å². The van der Waals surface area contributed by atoms with Crippen LogP contribution in [0.1, 0.15) is 22.8 Å². The smallest absolute Gasteiger partial charge is 0.248 e. The van der Waals surface area contributed by atoms with E-state index in [1.165, 1.54) is 13.0 Å². The molecule has 102 valence electrons. The summed E-state index contributed by atoms with van der Waals surface area (Å²) in [6.07, 6.45) is 6.58. The zero-order valence-electron chi connectivity index (χ0n) is 11.3. The van der Waals surface area contributed by atoms with Crippen molar-refractivity contribution in [2.75, 3.05) is 5.32 Å². The van der Waals surface area contributed by atoms with Gasteiger partial charge in [-0.25, -0.2) is 0 Å². The molecule has 0 spiro atoms. The molecule has 5 nitrogen and oxygen atoms in total. The van der Waals surface area contributed by atoms with Crippen molar-refractivity contribution in [3.63, 3.8) is 0 Å². The fourth-order valence-electron chi connectivity index (χ4n) is 1.70. The van der Waals surface area contributed by atoms with Gasteiger partial charge in [0.2, 0.25) is 5.91 Å². The Morgan fingerprint density at radius 2 is 2.15 bits per heavy atom. The number of ketones is 1. The Bertz CT molecular complexity index is 671. The molecule has 1 aromatic carbocycles. The average Bonchev–Trinajstić information content (AvgIpc) is 2.82. The lowest BCUT2D eigenvalue weighted by atomic mass is 10.1. The first kappa shape index (κ1) is 13.7. The molecule has 0 radical (unpaired) electrons. The summed E-state index contributed by atoms with van der Waals surface area (Å²) in [5, 5.41) is 6.71. The second-order valence-electron chi connectivity index (χ2n) is 4.41. The van der Waals surface area contributed by atoms with Crippen LogP contribution in [-0.2, 0) is 11.8 Å². The minimum absolute atomic E-state index is 0.0352. The summed E-state index contributed by atoms with van der Waals surface area (Å²) >= 11 is 0. The monoisotopic (exact) mass is 269 g/mol. The third-order valence-electron chi connectivity index (χ3n) is 2.69. The van der Waals surface area contributed by atoms with E-state index in [2.05, 4.69) is 10.4 Å². The molecule has 0 fully saturated rings. The van der Waals surface area contributed by atoms with Crippen LogP contribution in [0.15, 0.2) is 42.7 Å². The lowest BCUT2D eigenvalue weighted by Crippen LogP contribution is -2.08. The highest BCUT2D eigenvalue weighted by atomic mass is 16.1. The van der Waals surface area contributed by atoms with Gasteiger partial charge in [0.05, 0.1) is 6.20 Å². The molecule has 1 amide bonds. The van der Waals surface area contributed by atoms with E-state index in [9.17, 15) is 9.59 Å². The lowest BCUT2D eigenvalue weighted by Gasteiger charge is -2.03. The molecule has 0 saturated carbocycles. The standard InChI is InChI=1S/C15H15N3O2/c1-11(19)13-4-3-5-14(8-13)17-15(20)7-6-12-9-16-18(2)10-12/h3-10H,1-2H3,(H,17,20)/b7-6+. The molecule has 1 N–H and O–H groups in total. The van der Waals surface area contributed by atoms with Crippen LogP contribution >= 0.6 is 0 Å². The topological polar surface area (TPSA) is 64.0 Å². The summed E-state index contributed by atoms with van der Waals surface area (Å²) < 4.78 is 1.66.